The number of H-pyrrole nitrogens is 1. The number of fused-ring (bicyclic) bond motifs is 1. The van der Waals surface area contributed by atoms with Crippen LogP contribution in [0.1, 0.15) is 62.5 Å². The molecule has 172 valence electrons. The van der Waals surface area contributed by atoms with Gasteiger partial charge in [-0.25, -0.2) is 4.79 Å². The number of carbonyl (C=O) groups excluding carboxylic acids is 2. The van der Waals surface area contributed by atoms with E-state index in [0.717, 1.165) is 42.5 Å². The highest BCUT2D eigenvalue weighted by atomic mass is 16.6. The summed E-state index contributed by atoms with van der Waals surface area (Å²) < 4.78 is 5.99. The molecule has 2 heterocycles. The summed E-state index contributed by atoms with van der Waals surface area (Å²) >= 11 is 0. The smallest absolute Gasteiger partial charge is 0.411 e. The van der Waals surface area contributed by atoms with E-state index in [4.69, 9.17) is 4.74 Å². The number of carbonyl (C=O) groups is 2. The van der Waals surface area contributed by atoms with E-state index in [1.54, 1.807) is 4.90 Å². The second kappa shape index (κ2) is 8.94. The Hall–Kier alpha value is -2.87. The first kappa shape index (κ1) is 22.3. The quantitative estimate of drug-likeness (QED) is 0.709. The van der Waals surface area contributed by atoms with Crippen molar-refractivity contribution in [2.45, 2.75) is 57.7 Å². The summed E-state index contributed by atoms with van der Waals surface area (Å²) in [5, 5.41) is 10.4. The van der Waals surface area contributed by atoms with Crippen molar-refractivity contribution in [1.82, 2.24) is 20.0 Å². The summed E-state index contributed by atoms with van der Waals surface area (Å²) in [5.74, 6) is 0.592. The number of rotatable bonds is 6. The molecule has 1 atom stereocenters. The first-order valence-corrected chi connectivity index (χ1v) is 11.3. The Balaban J connectivity index is 1.50. The highest BCUT2D eigenvalue weighted by Gasteiger charge is 2.45. The van der Waals surface area contributed by atoms with Gasteiger partial charge in [0.05, 0.1) is 17.8 Å². The number of hydrogen-bond donors (Lipinski definition) is 2. The van der Waals surface area contributed by atoms with Gasteiger partial charge < -0.3 is 15.0 Å². The van der Waals surface area contributed by atoms with Crippen LogP contribution < -0.4 is 5.32 Å². The molecule has 0 unspecified atom stereocenters. The SMILES string of the molecule is CN(C)C[C@@H](OC(=O)N1Cc2c(NC(=O)C3CCCC3)n[nH]c2C1(C)C)c1ccccc1. The maximum absolute atomic E-state index is 13.3. The van der Waals surface area contributed by atoms with Gasteiger partial charge in [0.15, 0.2) is 5.82 Å². The molecule has 0 saturated heterocycles. The maximum atomic E-state index is 13.3. The minimum absolute atomic E-state index is 0.0192. The Morgan fingerprint density at radius 3 is 2.59 bits per heavy atom. The predicted octanol–water partition coefficient (Wildman–Crippen LogP) is 4.03. The topological polar surface area (TPSA) is 90.6 Å². The zero-order chi connectivity index (χ0) is 22.9. The molecule has 1 fully saturated rings. The Kier molecular flexibility index (Phi) is 6.24. The van der Waals surface area contributed by atoms with Gasteiger partial charge in [-0.1, -0.05) is 43.2 Å². The zero-order valence-corrected chi connectivity index (χ0v) is 19.4. The Morgan fingerprint density at radius 1 is 1.25 bits per heavy atom. The zero-order valence-electron chi connectivity index (χ0n) is 19.4. The molecule has 0 bridgehead atoms. The van der Waals surface area contributed by atoms with E-state index in [0.29, 0.717) is 18.9 Å². The lowest BCUT2D eigenvalue weighted by molar-refractivity contribution is -0.119. The molecule has 2 aromatic rings. The molecule has 4 rings (SSSR count). The molecule has 1 saturated carbocycles. The van der Waals surface area contributed by atoms with Crippen LogP contribution in [0.25, 0.3) is 0 Å². The van der Waals surface area contributed by atoms with Crippen molar-refractivity contribution in [3.63, 3.8) is 0 Å². The summed E-state index contributed by atoms with van der Waals surface area (Å²) in [6.07, 6.45) is 3.28. The molecule has 32 heavy (non-hydrogen) atoms. The van der Waals surface area contributed by atoms with Crippen molar-refractivity contribution in [2.75, 3.05) is 26.0 Å². The highest BCUT2D eigenvalue weighted by molar-refractivity contribution is 5.92. The van der Waals surface area contributed by atoms with Crippen molar-refractivity contribution in [3.8, 4) is 0 Å². The second-order valence-electron chi connectivity index (χ2n) is 9.59. The standard InChI is InChI=1S/C24H33N5O3/c1-24(2)20-18(21(27-26-20)25-22(30)17-12-8-9-13-17)14-29(24)23(31)32-19(15-28(3)4)16-10-6-5-7-11-16/h5-7,10-11,17,19H,8-9,12-15H2,1-4H3,(H2,25,26,27,30)/t19-/m1/s1. The molecular formula is C24H33N5O3. The average molecular weight is 440 g/mol. The molecule has 8 heteroatoms. The summed E-state index contributed by atoms with van der Waals surface area (Å²) in [6.45, 7) is 4.84. The van der Waals surface area contributed by atoms with Gasteiger partial charge in [-0.2, -0.15) is 5.10 Å². The fourth-order valence-corrected chi connectivity index (χ4v) is 4.71. The van der Waals surface area contributed by atoms with Crippen molar-refractivity contribution >= 4 is 17.8 Å². The molecule has 2 aliphatic rings. The van der Waals surface area contributed by atoms with Gasteiger partial charge in [-0.15, -0.1) is 0 Å². The summed E-state index contributed by atoms with van der Waals surface area (Å²) in [4.78, 5) is 29.6. The first-order valence-electron chi connectivity index (χ1n) is 11.3. The van der Waals surface area contributed by atoms with Gasteiger partial charge in [0.2, 0.25) is 5.91 Å². The number of hydrogen-bond acceptors (Lipinski definition) is 5. The van der Waals surface area contributed by atoms with Crippen LogP contribution in [0.2, 0.25) is 0 Å². The maximum Gasteiger partial charge on any atom is 0.411 e. The molecule has 2 N–H and O–H groups in total. The van der Waals surface area contributed by atoms with Crippen LogP contribution in [0.15, 0.2) is 30.3 Å². The molecule has 0 spiro atoms. The van der Waals surface area contributed by atoms with Crippen molar-refractivity contribution in [1.29, 1.82) is 0 Å². The lowest BCUT2D eigenvalue weighted by Gasteiger charge is -2.33. The number of aromatic nitrogens is 2. The van der Waals surface area contributed by atoms with E-state index in [1.807, 2.05) is 63.2 Å². The van der Waals surface area contributed by atoms with Crippen molar-refractivity contribution in [3.05, 3.63) is 47.2 Å². The lowest BCUT2D eigenvalue weighted by atomic mass is 10.0. The third-order valence-electron chi connectivity index (χ3n) is 6.60. The van der Waals surface area contributed by atoms with E-state index in [1.165, 1.54) is 0 Å². The van der Waals surface area contributed by atoms with Crippen LogP contribution in [-0.2, 0) is 21.6 Å². The summed E-state index contributed by atoms with van der Waals surface area (Å²) in [5.41, 5.74) is 2.01. The number of ether oxygens (including phenoxy) is 1. The van der Waals surface area contributed by atoms with E-state index in [2.05, 4.69) is 15.5 Å². The van der Waals surface area contributed by atoms with Crippen LogP contribution in [0.5, 0.6) is 0 Å². The van der Waals surface area contributed by atoms with E-state index >= 15 is 0 Å². The number of likely N-dealkylation sites (N-methyl/N-ethyl adjacent to an activating group) is 1. The summed E-state index contributed by atoms with van der Waals surface area (Å²) in [6, 6.07) is 9.78. The van der Waals surface area contributed by atoms with Crippen LogP contribution in [0.3, 0.4) is 0 Å². The third kappa shape index (κ3) is 4.37. The van der Waals surface area contributed by atoms with Gasteiger partial charge in [-0.3, -0.25) is 14.8 Å². The highest BCUT2D eigenvalue weighted by Crippen LogP contribution is 2.41. The molecule has 0 radical (unpaired) electrons. The Labute approximate surface area is 189 Å². The van der Waals surface area contributed by atoms with E-state index in [-0.39, 0.29) is 24.0 Å². The fourth-order valence-electron chi connectivity index (χ4n) is 4.71. The average Bonchev–Trinajstić information content (AvgIpc) is 3.47. The molecule has 2 amide bonds. The monoisotopic (exact) mass is 439 g/mol. The molecule has 1 aliphatic heterocycles. The number of amides is 2. The molecule has 1 aliphatic carbocycles. The lowest BCUT2D eigenvalue weighted by Crippen LogP contribution is -2.42. The first-order chi connectivity index (χ1) is 15.3. The molecule has 8 nitrogen and oxygen atoms in total. The van der Waals surface area contributed by atoms with E-state index < -0.39 is 5.54 Å². The van der Waals surface area contributed by atoms with Crippen LogP contribution in [0.4, 0.5) is 10.6 Å². The third-order valence-corrected chi connectivity index (χ3v) is 6.60. The van der Waals surface area contributed by atoms with Crippen LogP contribution >= 0.6 is 0 Å². The largest absolute Gasteiger partial charge is 0.440 e. The van der Waals surface area contributed by atoms with Gasteiger partial charge in [-0.05, 0) is 46.3 Å². The van der Waals surface area contributed by atoms with Gasteiger partial charge in [0, 0.05) is 18.0 Å². The Bertz CT molecular complexity index is 963. The number of nitrogens with zero attached hydrogens (tertiary/aromatic N) is 3. The molecule has 1 aromatic carbocycles. The number of nitrogens with one attached hydrogen (secondary N) is 2. The van der Waals surface area contributed by atoms with Crippen LogP contribution in [0, 0.1) is 5.92 Å². The van der Waals surface area contributed by atoms with Gasteiger partial charge in [0.1, 0.15) is 6.10 Å². The number of benzene rings is 1. The number of aromatic amines is 1. The predicted molar refractivity (Wildman–Crippen MR) is 122 cm³/mol. The van der Waals surface area contributed by atoms with Crippen LogP contribution in [-0.4, -0.2) is 52.6 Å². The summed E-state index contributed by atoms with van der Waals surface area (Å²) in [7, 11) is 3.92. The second-order valence-corrected chi connectivity index (χ2v) is 9.59. The molecular weight excluding hydrogens is 406 g/mol. The van der Waals surface area contributed by atoms with Gasteiger partial charge in [0.25, 0.3) is 0 Å². The minimum atomic E-state index is -0.630. The molecule has 1 aromatic heterocycles. The van der Waals surface area contributed by atoms with Crippen molar-refractivity contribution in [2.24, 2.45) is 5.92 Å². The minimum Gasteiger partial charge on any atom is -0.440 e. The van der Waals surface area contributed by atoms with Gasteiger partial charge >= 0.3 is 6.09 Å². The van der Waals surface area contributed by atoms with E-state index in [9.17, 15) is 9.59 Å². The normalized spacial score (nSPS) is 18.6. The van der Waals surface area contributed by atoms with Crippen molar-refractivity contribution < 1.29 is 14.3 Å². The Morgan fingerprint density at radius 2 is 1.94 bits per heavy atom. The fraction of sp³-hybridized carbons (Fsp3) is 0.542. The number of anilines is 1.